The van der Waals surface area contributed by atoms with E-state index >= 15 is 0 Å². The van der Waals surface area contributed by atoms with E-state index in [1.807, 2.05) is 0 Å². The third-order valence-electron chi connectivity index (χ3n) is 3.28. The number of carbonyl (C=O) groups excluding carboxylic acids is 1. The third kappa shape index (κ3) is 3.12. The molecule has 3 N–H and O–H groups in total. The number of halogens is 3. The number of amides is 1. The number of carboxylic acids is 1. The summed E-state index contributed by atoms with van der Waals surface area (Å²) in [5, 5.41) is 8.57. The van der Waals surface area contributed by atoms with Crippen molar-refractivity contribution in [2.24, 2.45) is 17.1 Å². The van der Waals surface area contributed by atoms with Gasteiger partial charge in [-0.1, -0.05) is 0 Å². The summed E-state index contributed by atoms with van der Waals surface area (Å²) in [7, 11) is 0. The highest BCUT2D eigenvalue weighted by Crippen LogP contribution is 2.33. The number of aliphatic carboxylic acids is 1. The number of hydrogen-bond donors (Lipinski definition) is 2. The number of nitrogens with zero attached hydrogens (tertiary/aromatic N) is 1. The van der Waals surface area contributed by atoms with Crippen LogP contribution in [0.1, 0.15) is 13.3 Å². The Kier molecular flexibility index (Phi) is 3.89. The van der Waals surface area contributed by atoms with Gasteiger partial charge in [0.05, 0.1) is 5.41 Å². The van der Waals surface area contributed by atoms with Crippen LogP contribution in [0, 0.1) is 11.3 Å². The van der Waals surface area contributed by atoms with Crippen molar-refractivity contribution in [3.63, 3.8) is 0 Å². The lowest BCUT2D eigenvalue weighted by atomic mass is 9.89. The van der Waals surface area contributed by atoms with Crippen molar-refractivity contribution >= 4 is 11.9 Å². The fraction of sp³-hybridized carbons (Fsp3) is 0.800. The van der Waals surface area contributed by atoms with Crippen LogP contribution in [0.3, 0.4) is 0 Å². The summed E-state index contributed by atoms with van der Waals surface area (Å²) in [4.78, 5) is 23.0. The van der Waals surface area contributed by atoms with Crippen LogP contribution in [0.15, 0.2) is 0 Å². The molecular weight excluding hydrogens is 253 g/mol. The largest absolute Gasteiger partial charge is 0.481 e. The first-order chi connectivity index (χ1) is 8.06. The van der Waals surface area contributed by atoms with Gasteiger partial charge in [-0.3, -0.25) is 9.59 Å². The molecule has 1 saturated heterocycles. The van der Waals surface area contributed by atoms with E-state index in [0.717, 1.165) is 0 Å². The van der Waals surface area contributed by atoms with E-state index in [2.05, 4.69) is 0 Å². The van der Waals surface area contributed by atoms with E-state index < -0.39 is 35.9 Å². The molecule has 0 saturated carbocycles. The van der Waals surface area contributed by atoms with Crippen molar-refractivity contribution in [2.75, 3.05) is 19.6 Å². The highest BCUT2D eigenvalue weighted by molar-refractivity contribution is 5.81. The number of primary amides is 1. The lowest BCUT2D eigenvalue weighted by Crippen LogP contribution is -2.42. The van der Waals surface area contributed by atoms with E-state index in [9.17, 15) is 22.8 Å². The smallest absolute Gasteiger partial charge is 0.403 e. The molecule has 1 aliphatic heterocycles. The Bertz CT molecular complexity index is 359. The van der Waals surface area contributed by atoms with E-state index in [4.69, 9.17) is 10.8 Å². The predicted octanol–water partition coefficient (Wildman–Crippen LogP) is 0.447. The number of alkyl halides is 3. The van der Waals surface area contributed by atoms with E-state index in [0.29, 0.717) is 6.42 Å². The second kappa shape index (κ2) is 4.75. The number of carboxylic acid groups (broad SMARTS) is 1. The van der Waals surface area contributed by atoms with Gasteiger partial charge in [0, 0.05) is 13.1 Å². The van der Waals surface area contributed by atoms with Crippen molar-refractivity contribution in [1.29, 1.82) is 0 Å². The van der Waals surface area contributed by atoms with E-state index in [-0.39, 0.29) is 13.1 Å². The normalized spacial score (nSPS) is 27.1. The van der Waals surface area contributed by atoms with Crippen LogP contribution in [0.4, 0.5) is 13.2 Å². The van der Waals surface area contributed by atoms with Crippen LogP contribution in [-0.4, -0.2) is 47.7 Å². The minimum Gasteiger partial charge on any atom is -0.481 e. The molecule has 2 unspecified atom stereocenters. The molecule has 1 fully saturated rings. The summed E-state index contributed by atoms with van der Waals surface area (Å²) in [5.41, 5.74) is 4.29. The van der Waals surface area contributed by atoms with Crippen molar-refractivity contribution < 1.29 is 27.9 Å². The van der Waals surface area contributed by atoms with Crippen LogP contribution in [0.2, 0.25) is 0 Å². The average molecular weight is 268 g/mol. The average Bonchev–Trinajstić information content (AvgIpc) is 2.56. The van der Waals surface area contributed by atoms with Gasteiger partial charge in [0.25, 0.3) is 0 Å². The van der Waals surface area contributed by atoms with Crippen molar-refractivity contribution in [2.45, 2.75) is 19.5 Å². The van der Waals surface area contributed by atoms with Crippen molar-refractivity contribution in [3.8, 4) is 0 Å². The molecular formula is C10H15F3N2O3. The molecule has 5 nitrogen and oxygen atoms in total. The van der Waals surface area contributed by atoms with Gasteiger partial charge < -0.3 is 15.7 Å². The van der Waals surface area contributed by atoms with Gasteiger partial charge in [-0.25, -0.2) is 0 Å². The van der Waals surface area contributed by atoms with Gasteiger partial charge in [-0.05, 0) is 19.9 Å². The van der Waals surface area contributed by atoms with E-state index in [1.165, 1.54) is 4.90 Å². The van der Waals surface area contributed by atoms with Crippen molar-refractivity contribution in [1.82, 2.24) is 4.90 Å². The van der Waals surface area contributed by atoms with Crippen molar-refractivity contribution in [3.05, 3.63) is 0 Å². The van der Waals surface area contributed by atoms with Gasteiger partial charge in [-0.2, -0.15) is 13.2 Å². The molecule has 1 heterocycles. The first-order valence-corrected chi connectivity index (χ1v) is 5.38. The quantitative estimate of drug-likeness (QED) is 0.775. The fourth-order valence-corrected chi connectivity index (χ4v) is 1.99. The molecule has 1 amide bonds. The Morgan fingerprint density at radius 2 is 2.06 bits per heavy atom. The van der Waals surface area contributed by atoms with Gasteiger partial charge in [0.1, 0.15) is 0 Å². The van der Waals surface area contributed by atoms with Gasteiger partial charge >= 0.3 is 12.1 Å². The summed E-state index contributed by atoms with van der Waals surface area (Å²) >= 11 is 0. The molecule has 0 bridgehead atoms. The first kappa shape index (κ1) is 14.7. The maximum Gasteiger partial charge on any atom is 0.403 e. The monoisotopic (exact) mass is 268 g/mol. The number of rotatable bonds is 4. The second-order valence-electron chi connectivity index (χ2n) is 4.84. The van der Waals surface area contributed by atoms with Gasteiger partial charge in [0.15, 0.2) is 5.92 Å². The Hall–Kier alpha value is -1.31. The molecule has 2 atom stereocenters. The summed E-state index contributed by atoms with van der Waals surface area (Å²) in [6, 6.07) is 0. The summed E-state index contributed by atoms with van der Waals surface area (Å²) in [6.45, 7) is 1.21. The molecule has 1 rings (SSSR count). The zero-order valence-electron chi connectivity index (χ0n) is 9.83. The zero-order chi connectivity index (χ0) is 14.1. The number of carbonyl (C=O) groups is 2. The minimum atomic E-state index is -4.79. The third-order valence-corrected chi connectivity index (χ3v) is 3.28. The molecule has 0 aromatic carbocycles. The van der Waals surface area contributed by atoms with E-state index in [1.54, 1.807) is 6.92 Å². The van der Waals surface area contributed by atoms with Gasteiger partial charge in [-0.15, -0.1) is 0 Å². The fourth-order valence-electron chi connectivity index (χ4n) is 1.99. The lowest BCUT2D eigenvalue weighted by molar-refractivity contribution is -0.196. The molecule has 104 valence electrons. The zero-order valence-corrected chi connectivity index (χ0v) is 9.83. The maximum absolute atomic E-state index is 12.5. The van der Waals surface area contributed by atoms with Crippen LogP contribution < -0.4 is 5.73 Å². The number of likely N-dealkylation sites (tertiary alicyclic amines) is 1. The Balaban J connectivity index is 2.69. The summed E-state index contributed by atoms with van der Waals surface area (Å²) in [6.07, 6.45) is -4.45. The molecule has 1 aliphatic rings. The maximum atomic E-state index is 12.5. The summed E-state index contributed by atoms with van der Waals surface area (Å²) in [5.74, 6) is -4.92. The van der Waals surface area contributed by atoms with Gasteiger partial charge in [0.2, 0.25) is 5.91 Å². The molecule has 8 heteroatoms. The van der Waals surface area contributed by atoms with Crippen LogP contribution >= 0.6 is 0 Å². The molecule has 0 aromatic heterocycles. The molecule has 0 spiro atoms. The first-order valence-electron chi connectivity index (χ1n) is 5.38. The minimum absolute atomic E-state index is 0.0577. The Morgan fingerprint density at radius 1 is 1.50 bits per heavy atom. The molecule has 18 heavy (non-hydrogen) atoms. The molecule has 0 radical (unpaired) electrons. The SMILES string of the molecule is CC1(C(N)=O)CCN(CC(C(=O)O)C(F)(F)F)C1. The lowest BCUT2D eigenvalue weighted by Gasteiger charge is -2.24. The number of hydrogen-bond acceptors (Lipinski definition) is 3. The predicted molar refractivity (Wildman–Crippen MR) is 55.5 cm³/mol. The van der Waals surface area contributed by atoms with Crippen LogP contribution in [0.25, 0.3) is 0 Å². The van der Waals surface area contributed by atoms with Crippen LogP contribution in [-0.2, 0) is 9.59 Å². The summed E-state index contributed by atoms with van der Waals surface area (Å²) < 4.78 is 37.4. The highest BCUT2D eigenvalue weighted by Gasteiger charge is 2.48. The standard InChI is InChI=1S/C10H15F3N2O3/c1-9(8(14)18)2-3-15(5-9)4-6(7(16)17)10(11,12)13/h6H,2-5H2,1H3,(H2,14,18)(H,16,17). The number of nitrogens with two attached hydrogens (primary N) is 1. The molecule has 0 aliphatic carbocycles. The highest BCUT2D eigenvalue weighted by atomic mass is 19.4. The Morgan fingerprint density at radius 3 is 2.39 bits per heavy atom. The van der Waals surface area contributed by atoms with Crippen LogP contribution in [0.5, 0.6) is 0 Å². The topological polar surface area (TPSA) is 83.6 Å². The molecule has 0 aromatic rings. The Labute approximate surface area is 102 Å². The second-order valence-corrected chi connectivity index (χ2v) is 4.84.